The summed E-state index contributed by atoms with van der Waals surface area (Å²) in [5.41, 5.74) is -0.266. The second-order valence-corrected chi connectivity index (χ2v) is 4.65. The second kappa shape index (κ2) is 5.77. The highest BCUT2D eigenvalue weighted by molar-refractivity contribution is 6.45. The van der Waals surface area contributed by atoms with E-state index in [9.17, 15) is 13.6 Å². The van der Waals surface area contributed by atoms with Gasteiger partial charge in [-0.15, -0.1) is 0 Å². The molecule has 0 aliphatic heterocycles. The SMILES string of the molecule is COc1ccc(C(=O)c2ccc(F)cc2F)c(Cl)c1Cl. The largest absolute Gasteiger partial charge is 0.495 e. The van der Waals surface area contributed by atoms with Crippen LogP contribution in [0, 0.1) is 11.6 Å². The van der Waals surface area contributed by atoms with Gasteiger partial charge in [0, 0.05) is 11.6 Å². The number of benzene rings is 2. The monoisotopic (exact) mass is 316 g/mol. The number of ketones is 1. The highest BCUT2D eigenvalue weighted by Gasteiger charge is 2.20. The van der Waals surface area contributed by atoms with Crippen LogP contribution < -0.4 is 4.74 Å². The lowest BCUT2D eigenvalue weighted by Gasteiger charge is -2.09. The van der Waals surface area contributed by atoms with E-state index in [1.54, 1.807) is 0 Å². The minimum absolute atomic E-state index is 0.0166. The van der Waals surface area contributed by atoms with Crippen molar-refractivity contribution in [2.75, 3.05) is 7.11 Å². The summed E-state index contributed by atoms with van der Waals surface area (Å²) < 4.78 is 31.4. The van der Waals surface area contributed by atoms with Crippen molar-refractivity contribution >= 4 is 29.0 Å². The Bertz CT molecular complexity index is 687. The zero-order valence-corrected chi connectivity index (χ0v) is 11.7. The molecule has 0 spiro atoms. The number of ether oxygens (including phenoxy) is 1. The van der Waals surface area contributed by atoms with E-state index in [2.05, 4.69) is 0 Å². The van der Waals surface area contributed by atoms with Crippen LogP contribution in [0.5, 0.6) is 5.75 Å². The molecule has 6 heteroatoms. The minimum Gasteiger partial charge on any atom is -0.495 e. The fourth-order valence-corrected chi connectivity index (χ4v) is 2.17. The van der Waals surface area contributed by atoms with E-state index in [-0.39, 0.29) is 21.2 Å². The lowest BCUT2D eigenvalue weighted by molar-refractivity contribution is 0.103. The number of hydrogen-bond donors (Lipinski definition) is 0. The Kier molecular flexibility index (Phi) is 4.26. The predicted molar refractivity (Wildman–Crippen MR) is 72.8 cm³/mol. The molecular formula is C14H8Cl2F2O2. The van der Waals surface area contributed by atoms with Crippen LogP contribution in [0.25, 0.3) is 0 Å². The van der Waals surface area contributed by atoms with Crippen molar-refractivity contribution in [1.82, 2.24) is 0 Å². The van der Waals surface area contributed by atoms with Crippen LogP contribution >= 0.6 is 23.2 Å². The van der Waals surface area contributed by atoms with E-state index >= 15 is 0 Å². The van der Waals surface area contributed by atoms with Gasteiger partial charge in [-0.2, -0.15) is 0 Å². The Morgan fingerprint density at radius 3 is 2.30 bits per heavy atom. The molecular weight excluding hydrogens is 309 g/mol. The van der Waals surface area contributed by atoms with Crippen molar-refractivity contribution in [3.05, 3.63) is 63.1 Å². The Labute approximate surface area is 123 Å². The van der Waals surface area contributed by atoms with Crippen LogP contribution in [0.3, 0.4) is 0 Å². The Balaban J connectivity index is 2.51. The normalized spacial score (nSPS) is 10.4. The van der Waals surface area contributed by atoms with Crippen LogP contribution in [-0.2, 0) is 0 Å². The molecule has 0 fully saturated rings. The first-order valence-corrected chi connectivity index (χ1v) is 6.23. The molecule has 0 amide bonds. The van der Waals surface area contributed by atoms with Gasteiger partial charge in [0.1, 0.15) is 22.4 Å². The Morgan fingerprint density at radius 1 is 1.05 bits per heavy atom. The molecule has 2 aromatic rings. The fraction of sp³-hybridized carbons (Fsp3) is 0.0714. The summed E-state index contributed by atoms with van der Waals surface area (Å²) in [4.78, 5) is 12.2. The molecule has 0 aliphatic carbocycles. The van der Waals surface area contributed by atoms with Crippen LogP contribution in [0.2, 0.25) is 10.0 Å². The van der Waals surface area contributed by atoms with Crippen LogP contribution in [0.4, 0.5) is 8.78 Å². The first-order valence-electron chi connectivity index (χ1n) is 5.47. The number of carbonyl (C=O) groups excluding carboxylic acids is 1. The van der Waals surface area contributed by atoms with Gasteiger partial charge in [-0.25, -0.2) is 8.78 Å². The Morgan fingerprint density at radius 2 is 1.70 bits per heavy atom. The summed E-state index contributed by atoms with van der Waals surface area (Å²) in [6.45, 7) is 0. The van der Waals surface area contributed by atoms with Crippen molar-refractivity contribution in [3.8, 4) is 5.75 Å². The standard InChI is InChI=1S/C14H8Cl2F2O2/c1-20-11-5-4-9(12(15)13(11)16)14(19)8-3-2-7(17)6-10(8)18/h2-6H,1H3. The molecule has 20 heavy (non-hydrogen) atoms. The van der Waals surface area contributed by atoms with Gasteiger partial charge in [-0.05, 0) is 24.3 Å². The van der Waals surface area contributed by atoms with Gasteiger partial charge in [-0.1, -0.05) is 23.2 Å². The van der Waals surface area contributed by atoms with Gasteiger partial charge in [0.25, 0.3) is 0 Å². The average molecular weight is 317 g/mol. The topological polar surface area (TPSA) is 26.3 Å². The van der Waals surface area contributed by atoms with Gasteiger partial charge < -0.3 is 4.74 Å². The molecule has 0 aliphatic rings. The summed E-state index contributed by atoms with van der Waals surface area (Å²) >= 11 is 11.9. The zero-order valence-electron chi connectivity index (χ0n) is 10.2. The van der Waals surface area contributed by atoms with Crippen molar-refractivity contribution in [2.45, 2.75) is 0 Å². The molecule has 0 saturated carbocycles. The summed E-state index contributed by atoms with van der Waals surface area (Å²) in [5, 5.41) is 0.0160. The van der Waals surface area contributed by atoms with E-state index in [1.165, 1.54) is 19.2 Å². The van der Waals surface area contributed by atoms with Crippen LogP contribution in [0.1, 0.15) is 15.9 Å². The lowest BCUT2D eigenvalue weighted by atomic mass is 10.0. The third kappa shape index (κ3) is 2.62. The smallest absolute Gasteiger partial charge is 0.197 e. The fourth-order valence-electron chi connectivity index (χ4n) is 1.68. The van der Waals surface area contributed by atoms with Crippen molar-refractivity contribution in [2.24, 2.45) is 0 Å². The quantitative estimate of drug-likeness (QED) is 0.779. The van der Waals surface area contributed by atoms with Gasteiger partial charge in [0.2, 0.25) is 0 Å². The molecule has 2 nitrogen and oxygen atoms in total. The maximum atomic E-state index is 13.6. The van der Waals surface area contributed by atoms with E-state index < -0.39 is 17.4 Å². The van der Waals surface area contributed by atoms with E-state index in [1.807, 2.05) is 0 Å². The van der Waals surface area contributed by atoms with Gasteiger partial charge in [0.05, 0.1) is 17.7 Å². The highest BCUT2D eigenvalue weighted by Crippen LogP contribution is 2.35. The summed E-state index contributed by atoms with van der Waals surface area (Å²) in [7, 11) is 1.40. The first-order chi connectivity index (χ1) is 9.45. The first kappa shape index (κ1) is 14.8. The van der Waals surface area contributed by atoms with E-state index in [0.717, 1.165) is 12.1 Å². The number of methoxy groups -OCH3 is 1. The Hall–Kier alpha value is -1.65. The summed E-state index contributed by atoms with van der Waals surface area (Å²) in [6.07, 6.45) is 0. The second-order valence-electron chi connectivity index (χ2n) is 3.90. The highest BCUT2D eigenvalue weighted by atomic mass is 35.5. The maximum Gasteiger partial charge on any atom is 0.197 e. The molecule has 0 bridgehead atoms. The molecule has 0 aromatic heterocycles. The molecule has 2 aromatic carbocycles. The molecule has 0 atom stereocenters. The molecule has 0 radical (unpaired) electrons. The molecule has 0 heterocycles. The van der Waals surface area contributed by atoms with E-state index in [0.29, 0.717) is 11.8 Å². The maximum absolute atomic E-state index is 13.6. The molecule has 0 N–H and O–H groups in total. The third-order valence-corrected chi connectivity index (χ3v) is 3.55. The van der Waals surface area contributed by atoms with Gasteiger partial charge in [0.15, 0.2) is 5.78 Å². The van der Waals surface area contributed by atoms with E-state index in [4.69, 9.17) is 27.9 Å². The molecule has 0 saturated heterocycles. The number of carbonyl (C=O) groups is 1. The predicted octanol–water partition coefficient (Wildman–Crippen LogP) is 4.51. The van der Waals surface area contributed by atoms with Gasteiger partial charge >= 0.3 is 0 Å². The average Bonchev–Trinajstić information content (AvgIpc) is 2.41. The van der Waals surface area contributed by atoms with Crippen LogP contribution in [-0.4, -0.2) is 12.9 Å². The van der Waals surface area contributed by atoms with Crippen molar-refractivity contribution < 1.29 is 18.3 Å². The number of halogens is 4. The lowest BCUT2D eigenvalue weighted by Crippen LogP contribution is -2.06. The van der Waals surface area contributed by atoms with Crippen molar-refractivity contribution in [3.63, 3.8) is 0 Å². The molecule has 104 valence electrons. The molecule has 2 rings (SSSR count). The summed E-state index contributed by atoms with van der Waals surface area (Å²) in [6, 6.07) is 5.50. The number of rotatable bonds is 3. The summed E-state index contributed by atoms with van der Waals surface area (Å²) in [5.74, 6) is -2.11. The minimum atomic E-state index is -0.960. The molecule has 0 unspecified atom stereocenters. The van der Waals surface area contributed by atoms with Crippen molar-refractivity contribution in [1.29, 1.82) is 0 Å². The third-order valence-electron chi connectivity index (χ3n) is 2.69. The number of hydrogen-bond acceptors (Lipinski definition) is 2. The van der Waals surface area contributed by atoms with Crippen LogP contribution in [0.15, 0.2) is 30.3 Å². The zero-order chi connectivity index (χ0) is 14.9. The van der Waals surface area contributed by atoms with Gasteiger partial charge in [-0.3, -0.25) is 4.79 Å².